The number of hydrazine groups is 1. The molecule has 0 radical (unpaired) electrons. The topological polar surface area (TPSA) is 76.3 Å². The average molecular weight is 209 g/mol. The third-order valence-corrected chi connectivity index (χ3v) is 2.46. The zero-order chi connectivity index (χ0) is 10.7. The first-order valence-electron chi connectivity index (χ1n) is 4.94. The molecule has 1 fully saturated rings. The molecule has 1 atom stereocenters. The monoisotopic (exact) mass is 209 g/mol. The van der Waals surface area contributed by atoms with Crippen molar-refractivity contribution >= 4 is 11.6 Å². The third-order valence-electron chi connectivity index (χ3n) is 2.46. The Balaban J connectivity index is 2.19. The van der Waals surface area contributed by atoms with Crippen molar-refractivity contribution in [3.05, 3.63) is 12.4 Å². The van der Waals surface area contributed by atoms with Crippen LogP contribution in [0.4, 0.5) is 11.6 Å². The van der Waals surface area contributed by atoms with Crippen LogP contribution in [0.25, 0.3) is 0 Å². The zero-order valence-electron chi connectivity index (χ0n) is 8.68. The Labute approximate surface area is 88.4 Å². The van der Waals surface area contributed by atoms with Gasteiger partial charge in [-0.15, -0.1) is 0 Å². The van der Waals surface area contributed by atoms with Gasteiger partial charge in [0.25, 0.3) is 0 Å². The van der Waals surface area contributed by atoms with Crippen LogP contribution in [0.2, 0.25) is 0 Å². The first-order chi connectivity index (χ1) is 7.31. The predicted octanol–water partition coefficient (Wildman–Crippen LogP) is -0.0127. The van der Waals surface area contributed by atoms with Gasteiger partial charge in [-0.3, -0.25) is 0 Å². The molecule has 0 saturated carbocycles. The average Bonchev–Trinajstić information content (AvgIpc) is 2.30. The lowest BCUT2D eigenvalue weighted by atomic mass is 10.2. The van der Waals surface area contributed by atoms with Gasteiger partial charge >= 0.3 is 0 Å². The van der Waals surface area contributed by atoms with Crippen molar-refractivity contribution in [2.75, 3.05) is 30.1 Å². The first-order valence-corrected chi connectivity index (χ1v) is 4.94. The summed E-state index contributed by atoms with van der Waals surface area (Å²) in [5.41, 5.74) is 2.51. The van der Waals surface area contributed by atoms with E-state index in [1.165, 1.54) is 6.33 Å². The largest absolute Gasteiger partial charge is 0.377 e. The fraction of sp³-hybridized carbons (Fsp3) is 0.556. The minimum atomic E-state index is 0.333. The van der Waals surface area contributed by atoms with Gasteiger partial charge in [-0.25, -0.2) is 15.8 Å². The van der Waals surface area contributed by atoms with Gasteiger partial charge < -0.3 is 15.1 Å². The summed E-state index contributed by atoms with van der Waals surface area (Å²) in [6.45, 7) is 4.42. The highest BCUT2D eigenvalue weighted by atomic mass is 16.5. The maximum Gasteiger partial charge on any atom is 0.145 e. The summed E-state index contributed by atoms with van der Waals surface area (Å²) < 4.78 is 5.36. The number of ether oxygens (including phenoxy) is 1. The molecule has 1 aromatic heterocycles. The number of nitrogens with one attached hydrogen (secondary N) is 1. The van der Waals surface area contributed by atoms with Gasteiger partial charge in [-0.05, 0) is 6.92 Å². The van der Waals surface area contributed by atoms with Crippen molar-refractivity contribution in [1.29, 1.82) is 0 Å². The lowest BCUT2D eigenvalue weighted by molar-refractivity contribution is 0.0985. The van der Waals surface area contributed by atoms with Gasteiger partial charge in [0.15, 0.2) is 0 Å². The van der Waals surface area contributed by atoms with Gasteiger partial charge in [-0.2, -0.15) is 0 Å². The normalized spacial score (nSPS) is 21.5. The second-order valence-electron chi connectivity index (χ2n) is 3.52. The Kier molecular flexibility index (Phi) is 2.98. The highest BCUT2D eigenvalue weighted by Gasteiger charge is 2.20. The molecule has 0 bridgehead atoms. The van der Waals surface area contributed by atoms with Crippen molar-refractivity contribution in [2.45, 2.75) is 13.0 Å². The molecule has 2 rings (SSSR count). The number of anilines is 2. The summed E-state index contributed by atoms with van der Waals surface area (Å²) in [7, 11) is 0. The van der Waals surface area contributed by atoms with E-state index >= 15 is 0 Å². The summed E-state index contributed by atoms with van der Waals surface area (Å²) in [6, 6.07) is 2.17. The molecule has 1 aliphatic rings. The molecule has 0 spiro atoms. The van der Waals surface area contributed by atoms with Crippen LogP contribution < -0.4 is 16.2 Å². The van der Waals surface area contributed by atoms with E-state index in [1.54, 1.807) is 0 Å². The molecule has 82 valence electrons. The Hall–Kier alpha value is -1.40. The number of nitrogens with zero attached hydrogens (tertiary/aromatic N) is 3. The molecule has 2 heterocycles. The summed E-state index contributed by atoms with van der Waals surface area (Å²) >= 11 is 0. The number of rotatable bonds is 2. The molecule has 1 saturated heterocycles. The van der Waals surface area contributed by atoms with Gasteiger partial charge in [0.2, 0.25) is 0 Å². The van der Waals surface area contributed by atoms with Gasteiger partial charge in [-0.1, -0.05) is 0 Å². The molecule has 1 aliphatic heterocycles. The van der Waals surface area contributed by atoms with E-state index in [2.05, 4.69) is 27.2 Å². The van der Waals surface area contributed by atoms with E-state index < -0.39 is 0 Å². The Morgan fingerprint density at radius 3 is 3.20 bits per heavy atom. The molecule has 0 aromatic carbocycles. The second kappa shape index (κ2) is 4.41. The van der Waals surface area contributed by atoms with E-state index in [9.17, 15) is 0 Å². The molecule has 6 heteroatoms. The summed E-state index contributed by atoms with van der Waals surface area (Å²) in [4.78, 5) is 10.4. The quantitative estimate of drug-likeness (QED) is 0.527. The van der Waals surface area contributed by atoms with Crippen LogP contribution in [-0.2, 0) is 4.74 Å². The molecular formula is C9H15N5O. The lowest BCUT2D eigenvalue weighted by Crippen LogP contribution is -2.44. The van der Waals surface area contributed by atoms with Crippen LogP contribution >= 0.6 is 0 Å². The molecule has 6 nitrogen and oxygen atoms in total. The van der Waals surface area contributed by atoms with E-state index in [-0.39, 0.29) is 0 Å². The van der Waals surface area contributed by atoms with Gasteiger partial charge in [0.1, 0.15) is 18.0 Å². The van der Waals surface area contributed by atoms with Crippen LogP contribution in [0.1, 0.15) is 6.92 Å². The molecule has 0 amide bonds. The summed E-state index contributed by atoms with van der Waals surface area (Å²) in [6.07, 6.45) is 1.51. The maximum atomic E-state index is 5.36. The van der Waals surface area contributed by atoms with Gasteiger partial charge in [0.05, 0.1) is 19.3 Å². The highest BCUT2D eigenvalue weighted by Crippen LogP contribution is 2.18. The van der Waals surface area contributed by atoms with Crippen molar-refractivity contribution in [3.63, 3.8) is 0 Å². The number of nitrogens with two attached hydrogens (primary N) is 1. The fourth-order valence-electron chi connectivity index (χ4n) is 1.65. The van der Waals surface area contributed by atoms with E-state index in [1.807, 2.05) is 6.07 Å². The molecule has 0 aliphatic carbocycles. The number of morpholine rings is 1. The van der Waals surface area contributed by atoms with Crippen molar-refractivity contribution in [3.8, 4) is 0 Å². The van der Waals surface area contributed by atoms with Crippen LogP contribution in [0.5, 0.6) is 0 Å². The smallest absolute Gasteiger partial charge is 0.145 e. The minimum absolute atomic E-state index is 0.333. The van der Waals surface area contributed by atoms with Crippen LogP contribution in [-0.4, -0.2) is 35.8 Å². The number of nitrogen functional groups attached to an aromatic ring is 1. The Morgan fingerprint density at radius 1 is 1.60 bits per heavy atom. The van der Waals surface area contributed by atoms with Crippen molar-refractivity contribution < 1.29 is 4.74 Å². The lowest BCUT2D eigenvalue weighted by Gasteiger charge is -2.34. The van der Waals surface area contributed by atoms with Crippen molar-refractivity contribution in [2.24, 2.45) is 5.84 Å². The fourth-order valence-corrected chi connectivity index (χ4v) is 1.65. The van der Waals surface area contributed by atoms with Crippen LogP contribution in [0, 0.1) is 0 Å². The third kappa shape index (κ3) is 2.16. The molecule has 1 aromatic rings. The number of aromatic nitrogens is 2. The highest BCUT2D eigenvalue weighted by molar-refractivity contribution is 5.48. The minimum Gasteiger partial charge on any atom is -0.377 e. The van der Waals surface area contributed by atoms with Crippen LogP contribution in [0.3, 0.4) is 0 Å². The van der Waals surface area contributed by atoms with Crippen LogP contribution in [0.15, 0.2) is 12.4 Å². The maximum absolute atomic E-state index is 5.36. The van der Waals surface area contributed by atoms with Gasteiger partial charge in [0, 0.05) is 12.6 Å². The standard InChI is InChI=1S/C9H15N5O/c1-7-5-15-3-2-14(7)9-4-8(13-10)11-6-12-9/h4,6-7H,2-3,5,10H2,1H3,(H,11,12,13). The first kappa shape index (κ1) is 10.1. The van der Waals surface area contributed by atoms with E-state index in [0.717, 1.165) is 25.6 Å². The number of hydrogen-bond donors (Lipinski definition) is 2. The van der Waals surface area contributed by atoms with Crippen molar-refractivity contribution in [1.82, 2.24) is 9.97 Å². The van der Waals surface area contributed by atoms with E-state index in [4.69, 9.17) is 10.6 Å². The SMILES string of the molecule is CC1COCCN1c1cc(NN)ncn1. The zero-order valence-corrected chi connectivity index (χ0v) is 8.68. The Bertz CT molecular complexity index is 332. The number of hydrogen-bond acceptors (Lipinski definition) is 6. The molecular weight excluding hydrogens is 194 g/mol. The van der Waals surface area contributed by atoms with E-state index in [0.29, 0.717) is 11.9 Å². The predicted molar refractivity (Wildman–Crippen MR) is 57.5 cm³/mol. The summed E-state index contributed by atoms with van der Waals surface area (Å²) in [5.74, 6) is 6.81. The second-order valence-corrected chi connectivity index (χ2v) is 3.52. The molecule has 15 heavy (non-hydrogen) atoms. The molecule has 1 unspecified atom stereocenters. The Morgan fingerprint density at radius 2 is 2.47 bits per heavy atom. The molecule has 3 N–H and O–H groups in total. The summed E-state index contributed by atoms with van der Waals surface area (Å²) in [5, 5.41) is 0.